The summed E-state index contributed by atoms with van der Waals surface area (Å²) in [5.74, 6) is 0.836. The predicted octanol–water partition coefficient (Wildman–Crippen LogP) is 4.10. The van der Waals surface area contributed by atoms with Crippen LogP contribution in [0.15, 0.2) is 53.1 Å². The number of carbonyl (C=O) groups is 1. The van der Waals surface area contributed by atoms with E-state index in [1.807, 2.05) is 48.9 Å². The second-order valence-electron chi connectivity index (χ2n) is 8.03. The number of nitrogens with one attached hydrogen (secondary N) is 1. The Balaban J connectivity index is 1.47. The van der Waals surface area contributed by atoms with Crippen molar-refractivity contribution in [1.29, 1.82) is 0 Å². The zero-order chi connectivity index (χ0) is 20.9. The molecule has 0 aliphatic carbocycles. The number of benzene rings is 1. The quantitative estimate of drug-likeness (QED) is 0.642. The highest BCUT2D eigenvalue weighted by Crippen LogP contribution is 2.25. The number of hydrogen-bond acceptors (Lipinski definition) is 4. The number of aromatic nitrogens is 2. The Morgan fingerprint density at radius 1 is 1.10 bits per heavy atom. The van der Waals surface area contributed by atoms with Crippen LogP contribution in [0.2, 0.25) is 0 Å². The molecule has 3 aromatic rings. The van der Waals surface area contributed by atoms with Crippen molar-refractivity contribution in [2.45, 2.75) is 45.7 Å². The van der Waals surface area contributed by atoms with Crippen molar-refractivity contribution >= 4 is 5.91 Å². The Hall–Kier alpha value is -2.86. The number of piperidine rings is 1. The molecule has 1 aliphatic rings. The molecule has 1 unspecified atom stereocenters. The SMILES string of the molecule is Cc1nn(Cc2ccccc2)c(C)c1C(=O)NCC(c1ccco1)N1CCCCC1. The maximum Gasteiger partial charge on any atom is 0.255 e. The van der Waals surface area contributed by atoms with Gasteiger partial charge in [0.15, 0.2) is 0 Å². The zero-order valence-corrected chi connectivity index (χ0v) is 17.8. The fourth-order valence-electron chi connectivity index (χ4n) is 4.33. The monoisotopic (exact) mass is 406 g/mol. The molecule has 158 valence electrons. The van der Waals surface area contributed by atoms with E-state index in [0.717, 1.165) is 35.8 Å². The molecule has 3 heterocycles. The van der Waals surface area contributed by atoms with Crippen LogP contribution in [0.5, 0.6) is 0 Å². The molecule has 0 saturated carbocycles. The summed E-state index contributed by atoms with van der Waals surface area (Å²) in [5, 5.41) is 7.77. The van der Waals surface area contributed by atoms with Gasteiger partial charge in [0, 0.05) is 12.2 Å². The van der Waals surface area contributed by atoms with Crippen LogP contribution in [0.4, 0.5) is 0 Å². The minimum absolute atomic E-state index is 0.0595. The van der Waals surface area contributed by atoms with Gasteiger partial charge in [-0.25, -0.2) is 0 Å². The van der Waals surface area contributed by atoms with Crippen molar-refractivity contribution in [3.8, 4) is 0 Å². The van der Waals surface area contributed by atoms with E-state index in [1.165, 1.54) is 19.3 Å². The number of nitrogens with zero attached hydrogens (tertiary/aromatic N) is 3. The number of carbonyl (C=O) groups excluding carboxylic acids is 1. The molecule has 4 rings (SSSR count). The first-order valence-corrected chi connectivity index (χ1v) is 10.8. The Morgan fingerprint density at radius 3 is 2.57 bits per heavy atom. The topological polar surface area (TPSA) is 63.3 Å². The lowest BCUT2D eigenvalue weighted by atomic mass is 10.1. The van der Waals surface area contributed by atoms with Crippen molar-refractivity contribution in [3.05, 3.63) is 77.0 Å². The summed E-state index contributed by atoms with van der Waals surface area (Å²) in [4.78, 5) is 15.5. The first-order chi connectivity index (χ1) is 14.6. The van der Waals surface area contributed by atoms with Crippen molar-refractivity contribution in [3.63, 3.8) is 0 Å². The highest BCUT2D eigenvalue weighted by atomic mass is 16.3. The average molecular weight is 407 g/mol. The van der Waals surface area contributed by atoms with Gasteiger partial charge >= 0.3 is 0 Å². The van der Waals surface area contributed by atoms with E-state index in [2.05, 4.69) is 27.4 Å². The fourth-order valence-corrected chi connectivity index (χ4v) is 4.33. The Bertz CT molecular complexity index is 957. The molecular formula is C24H30N4O2. The molecule has 1 saturated heterocycles. The molecule has 1 aliphatic heterocycles. The van der Waals surface area contributed by atoms with Gasteiger partial charge in [0.05, 0.1) is 30.1 Å². The lowest BCUT2D eigenvalue weighted by Gasteiger charge is -2.33. The zero-order valence-electron chi connectivity index (χ0n) is 17.8. The third-order valence-corrected chi connectivity index (χ3v) is 5.94. The number of hydrogen-bond donors (Lipinski definition) is 1. The number of amides is 1. The molecule has 6 heteroatoms. The van der Waals surface area contributed by atoms with Gasteiger partial charge < -0.3 is 9.73 Å². The largest absolute Gasteiger partial charge is 0.468 e. The average Bonchev–Trinajstić information content (AvgIpc) is 3.38. The molecule has 1 atom stereocenters. The second-order valence-corrected chi connectivity index (χ2v) is 8.03. The van der Waals surface area contributed by atoms with Gasteiger partial charge in [0.25, 0.3) is 5.91 Å². The summed E-state index contributed by atoms with van der Waals surface area (Å²) < 4.78 is 7.61. The summed E-state index contributed by atoms with van der Waals surface area (Å²) in [7, 11) is 0. The summed E-state index contributed by atoms with van der Waals surface area (Å²) in [6.45, 7) is 7.12. The normalized spacial score (nSPS) is 15.8. The third-order valence-electron chi connectivity index (χ3n) is 5.94. The second kappa shape index (κ2) is 9.30. The minimum Gasteiger partial charge on any atom is -0.468 e. The Morgan fingerprint density at radius 2 is 1.87 bits per heavy atom. The smallest absolute Gasteiger partial charge is 0.255 e. The Kier molecular flexibility index (Phi) is 6.33. The molecule has 1 fully saturated rings. The first-order valence-electron chi connectivity index (χ1n) is 10.8. The van der Waals surface area contributed by atoms with E-state index in [0.29, 0.717) is 18.7 Å². The molecule has 1 amide bonds. The summed E-state index contributed by atoms with van der Waals surface area (Å²) in [5.41, 5.74) is 3.48. The van der Waals surface area contributed by atoms with E-state index in [9.17, 15) is 4.79 Å². The number of likely N-dealkylation sites (tertiary alicyclic amines) is 1. The van der Waals surface area contributed by atoms with E-state index in [4.69, 9.17) is 4.42 Å². The van der Waals surface area contributed by atoms with Crippen molar-refractivity contribution in [2.75, 3.05) is 19.6 Å². The number of aryl methyl sites for hydroxylation is 1. The van der Waals surface area contributed by atoms with Gasteiger partial charge in [0.1, 0.15) is 5.76 Å². The standard InChI is InChI=1S/C24H30N4O2/c1-18-23(19(2)28(26-18)17-20-10-5-3-6-11-20)24(29)25-16-21(22-12-9-15-30-22)27-13-7-4-8-14-27/h3,5-6,9-12,15,21H,4,7-8,13-14,16-17H2,1-2H3,(H,25,29). The fraction of sp³-hybridized carbons (Fsp3) is 0.417. The van der Waals surface area contributed by atoms with Crippen LogP contribution in [-0.4, -0.2) is 40.2 Å². The molecule has 0 spiro atoms. The molecule has 6 nitrogen and oxygen atoms in total. The van der Waals surface area contributed by atoms with Gasteiger partial charge in [-0.05, 0) is 57.5 Å². The lowest BCUT2D eigenvalue weighted by Crippen LogP contribution is -2.40. The van der Waals surface area contributed by atoms with E-state index < -0.39 is 0 Å². The molecule has 0 radical (unpaired) electrons. The summed E-state index contributed by atoms with van der Waals surface area (Å²) in [6.07, 6.45) is 5.36. The van der Waals surface area contributed by atoms with Gasteiger partial charge in [0.2, 0.25) is 0 Å². The maximum absolute atomic E-state index is 13.1. The number of rotatable bonds is 7. The van der Waals surface area contributed by atoms with E-state index in [-0.39, 0.29) is 11.9 Å². The van der Waals surface area contributed by atoms with Crippen LogP contribution < -0.4 is 5.32 Å². The van der Waals surface area contributed by atoms with Crippen LogP contribution in [0, 0.1) is 13.8 Å². The highest BCUT2D eigenvalue weighted by molar-refractivity contribution is 5.96. The van der Waals surface area contributed by atoms with Crippen molar-refractivity contribution in [2.24, 2.45) is 0 Å². The van der Waals surface area contributed by atoms with Crippen molar-refractivity contribution < 1.29 is 9.21 Å². The van der Waals surface area contributed by atoms with Crippen LogP contribution in [-0.2, 0) is 6.54 Å². The molecule has 0 bridgehead atoms. The van der Waals surface area contributed by atoms with Crippen LogP contribution in [0.3, 0.4) is 0 Å². The predicted molar refractivity (Wildman–Crippen MR) is 116 cm³/mol. The molecular weight excluding hydrogens is 376 g/mol. The first kappa shape index (κ1) is 20.4. The van der Waals surface area contributed by atoms with E-state index >= 15 is 0 Å². The van der Waals surface area contributed by atoms with Gasteiger partial charge in [-0.1, -0.05) is 36.8 Å². The Labute approximate surface area is 177 Å². The minimum atomic E-state index is -0.0714. The summed E-state index contributed by atoms with van der Waals surface area (Å²) >= 11 is 0. The highest BCUT2D eigenvalue weighted by Gasteiger charge is 2.26. The maximum atomic E-state index is 13.1. The number of furan rings is 1. The van der Waals surface area contributed by atoms with Gasteiger partial charge in [-0.15, -0.1) is 0 Å². The van der Waals surface area contributed by atoms with Gasteiger partial charge in [-0.3, -0.25) is 14.4 Å². The van der Waals surface area contributed by atoms with Crippen LogP contribution >= 0.6 is 0 Å². The molecule has 30 heavy (non-hydrogen) atoms. The van der Waals surface area contributed by atoms with Gasteiger partial charge in [-0.2, -0.15) is 5.10 Å². The summed E-state index contributed by atoms with van der Waals surface area (Å²) in [6, 6.07) is 14.2. The molecule has 2 aromatic heterocycles. The third kappa shape index (κ3) is 4.49. The lowest BCUT2D eigenvalue weighted by molar-refractivity contribution is 0.0913. The van der Waals surface area contributed by atoms with Crippen LogP contribution in [0.25, 0.3) is 0 Å². The molecule has 1 N–H and O–H groups in total. The van der Waals surface area contributed by atoms with Crippen molar-refractivity contribution in [1.82, 2.24) is 20.0 Å². The van der Waals surface area contributed by atoms with E-state index in [1.54, 1.807) is 6.26 Å². The van der Waals surface area contributed by atoms with Crippen LogP contribution in [0.1, 0.15) is 58.4 Å². The molecule has 1 aromatic carbocycles.